The Balaban J connectivity index is 2.39. The van der Waals surface area contributed by atoms with Crippen molar-refractivity contribution in [1.29, 1.82) is 0 Å². The van der Waals surface area contributed by atoms with Gasteiger partial charge in [-0.1, -0.05) is 20.3 Å². The minimum Gasteiger partial charge on any atom is -0.464 e. The summed E-state index contributed by atoms with van der Waals surface area (Å²) in [5.74, 6) is -0.191. The van der Waals surface area contributed by atoms with Gasteiger partial charge in [-0.05, 0) is 45.1 Å². The molecule has 0 spiro atoms. The zero-order valence-corrected chi connectivity index (χ0v) is 17.6. The summed E-state index contributed by atoms with van der Waals surface area (Å²) in [5.41, 5.74) is 2.22. The summed E-state index contributed by atoms with van der Waals surface area (Å²) in [6, 6.07) is -0.564. The number of Topliss-reactive ketones (excluding diaryl/α,β-unsaturated/α-hetero) is 1. The summed E-state index contributed by atoms with van der Waals surface area (Å²) in [6.07, 6.45) is 2.89. The smallest absolute Gasteiger partial charge is 0.354 e. The first-order valence-corrected chi connectivity index (χ1v) is 9.70. The predicted octanol–water partition coefficient (Wildman–Crippen LogP) is 3.28. The quantitative estimate of drug-likeness (QED) is 0.541. The minimum atomic E-state index is -0.564. The number of aromatic nitrogens is 1. The molecule has 6 nitrogen and oxygen atoms in total. The molecule has 1 saturated carbocycles. The number of nitrogens with zero attached hydrogens (tertiary/aromatic N) is 2. The second-order valence-electron chi connectivity index (χ2n) is 8.04. The average molecular weight is 376 g/mol. The fraction of sp³-hybridized carbons (Fsp3) is 0.667. The molecule has 1 unspecified atom stereocenters. The molecule has 1 amide bonds. The number of hydrogen-bond acceptors (Lipinski definition) is 4. The van der Waals surface area contributed by atoms with Crippen LogP contribution in [-0.4, -0.2) is 46.8 Å². The van der Waals surface area contributed by atoms with Crippen molar-refractivity contribution in [2.45, 2.75) is 59.9 Å². The summed E-state index contributed by atoms with van der Waals surface area (Å²) in [6.45, 7) is 10.0. The highest BCUT2D eigenvalue weighted by atomic mass is 16.5. The second-order valence-corrected chi connectivity index (χ2v) is 8.04. The molecule has 2 rings (SSSR count). The van der Waals surface area contributed by atoms with Crippen LogP contribution in [0.3, 0.4) is 0 Å². The maximum atomic E-state index is 13.4. The predicted molar refractivity (Wildman–Crippen MR) is 104 cm³/mol. The van der Waals surface area contributed by atoms with E-state index in [1.54, 1.807) is 30.4 Å². The molecule has 1 atom stereocenters. The van der Waals surface area contributed by atoms with Gasteiger partial charge >= 0.3 is 5.97 Å². The number of carbonyl (C=O) groups excluding carboxylic acids is 3. The van der Waals surface area contributed by atoms with Crippen LogP contribution in [-0.2, 0) is 16.6 Å². The third-order valence-electron chi connectivity index (χ3n) is 5.70. The zero-order valence-electron chi connectivity index (χ0n) is 17.6. The first-order valence-electron chi connectivity index (χ1n) is 9.70. The number of ketones is 1. The SMILES string of the molecule is COC(=O)c1c(C)c(C(=O)C(C)N(CC(C)C)C(=O)C2CCC2)c(C)n1C. The van der Waals surface area contributed by atoms with Crippen LogP contribution < -0.4 is 0 Å². The molecule has 1 fully saturated rings. The van der Waals surface area contributed by atoms with Crippen LogP contribution in [0.4, 0.5) is 0 Å². The number of ether oxygens (including phenoxy) is 1. The molecule has 0 N–H and O–H groups in total. The van der Waals surface area contributed by atoms with Gasteiger partial charge in [-0.2, -0.15) is 0 Å². The lowest BCUT2D eigenvalue weighted by Gasteiger charge is -2.36. The molecule has 1 aliphatic rings. The van der Waals surface area contributed by atoms with E-state index in [4.69, 9.17) is 4.74 Å². The van der Waals surface area contributed by atoms with E-state index < -0.39 is 12.0 Å². The van der Waals surface area contributed by atoms with E-state index in [1.165, 1.54) is 7.11 Å². The van der Waals surface area contributed by atoms with Crippen molar-refractivity contribution >= 4 is 17.7 Å². The largest absolute Gasteiger partial charge is 0.464 e. The molecule has 1 heterocycles. The van der Waals surface area contributed by atoms with Gasteiger partial charge in [0.1, 0.15) is 5.69 Å². The summed E-state index contributed by atoms with van der Waals surface area (Å²) >= 11 is 0. The van der Waals surface area contributed by atoms with Gasteiger partial charge in [0.15, 0.2) is 5.78 Å². The Kier molecular flexibility index (Phi) is 6.50. The summed E-state index contributed by atoms with van der Waals surface area (Å²) in [4.78, 5) is 40.1. The van der Waals surface area contributed by atoms with Gasteiger partial charge in [-0.25, -0.2) is 4.79 Å². The van der Waals surface area contributed by atoms with Gasteiger partial charge in [-0.15, -0.1) is 0 Å². The maximum Gasteiger partial charge on any atom is 0.354 e. The Labute approximate surface area is 161 Å². The highest BCUT2D eigenvalue weighted by Gasteiger charge is 2.36. The van der Waals surface area contributed by atoms with E-state index in [-0.39, 0.29) is 23.5 Å². The number of amides is 1. The van der Waals surface area contributed by atoms with E-state index >= 15 is 0 Å². The summed E-state index contributed by atoms with van der Waals surface area (Å²) in [5, 5.41) is 0. The van der Waals surface area contributed by atoms with Gasteiger partial charge in [0.25, 0.3) is 0 Å². The van der Waals surface area contributed by atoms with Gasteiger partial charge in [-0.3, -0.25) is 9.59 Å². The van der Waals surface area contributed by atoms with E-state index in [0.717, 1.165) is 19.3 Å². The number of esters is 1. The highest BCUT2D eigenvalue weighted by Crippen LogP contribution is 2.30. The van der Waals surface area contributed by atoms with Gasteiger partial charge in [0.05, 0.1) is 13.2 Å². The van der Waals surface area contributed by atoms with Crippen molar-refractivity contribution in [2.75, 3.05) is 13.7 Å². The molecule has 1 aliphatic carbocycles. The van der Waals surface area contributed by atoms with Crippen molar-refractivity contribution in [2.24, 2.45) is 18.9 Å². The maximum absolute atomic E-state index is 13.4. The number of hydrogen-bond donors (Lipinski definition) is 0. The van der Waals surface area contributed by atoms with Gasteiger partial charge in [0.2, 0.25) is 5.91 Å². The van der Waals surface area contributed by atoms with Crippen LogP contribution in [0.25, 0.3) is 0 Å². The van der Waals surface area contributed by atoms with E-state index in [0.29, 0.717) is 29.1 Å². The van der Waals surface area contributed by atoms with E-state index in [9.17, 15) is 14.4 Å². The normalized spacial score (nSPS) is 15.4. The van der Waals surface area contributed by atoms with Crippen LogP contribution in [0.15, 0.2) is 0 Å². The lowest BCUT2D eigenvalue weighted by Crippen LogP contribution is -2.49. The summed E-state index contributed by atoms with van der Waals surface area (Å²) in [7, 11) is 3.08. The fourth-order valence-electron chi connectivity index (χ4n) is 3.80. The highest BCUT2D eigenvalue weighted by molar-refractivity contribution is 6.06. The molecular formula is C21H32N2O4. The Morgan fingerprint density at radius 1 is 1.19 bits per heavy atom. The number of methoxy groups -OCH3 is 1. The Hall–Kier alpha value is -2.11. The standard InChI is InChI=1S/C21H32N2O4/c1-12(2)11-23(20(25)16-9-8-10-16)15(5)19(24)17-13(3)18(21(26)27-7)22(6)14(17)4/h12,15-16H,8-11H2,1-7H3. The lowest BCUT2D eigenvalue weighted by molar-refractivity contribution is -0.140. The average Bonchev–Trinajstić information content (AvgIpc) is 2.78. The molecule has 0 aromatic carbocycles. The molecule has 0 bridgehead atoms. The first-order chi connectivity index (χ1) is 12.6. The van der Waals surface area contributed by atoms with Crippen molar-refractivity contribution in [3.8, 4) is 0 Å². The molecular weight excluding hydrogens is 344 g/mol. The topological polar surface area (TPSA) is 68.6 Å². The first kappa shape index (κ1) is 21.2. The summed E-state index contributed by atoms with van der Waals surface area (Å²) < 4.78 is 6.56. The van der Waals surface area contributed by atoms with Crippen LogP contribution in [0.2, 0.25) is 0 Å². The van der Waals surface area contributed by atoms with Crippen molar-refractivity contribution in [1.82, 2.24) is 9.47 Å². The molecule has 0 aliphatic heterocycles. The molecule has 1 aromatic rings. The van der Waals surface area contributed by atoms with Crippen molar-refractivity contribution in [3.05, 3.63) is 22.5 Å². The van der Waals surface area contributed by atoms with Crippen molar-refractivity contribution in [3.63, 3.8) is 0 Å². The van der Waals surface area contributed by atoms with Crippen LogP contribution in [0.1, 0.15) is 72.1 Å². The monoisotopic (exact) mass is 376 g/mol. The Bertz CT molecular complexity index is 744. The molecule has 0 radical (unpaired) electrons. The Morgan fingerprint density at radius 3 is 2.22 bits per heavy atom. The van der Waals surface area contributed by atoms with Gasteiger partial charge in [0, 0.05) is 30.8 Å². The number of carbonyl (C=O) groups is 3. The minimum absolute atomic E-state index is 0.0441. The zero-order chi connectivity index (χ0) is 20.5. The third kappa shape index (κ3) is 3.94. The van der Waals surface area contributed by atoms with Crippen LogP contribution in [0, 0.1) is 25.7 Å². The third-order valence-corrected chi connectivity index (χ3v) is 5.70. The van der Waals surface area contributed by atoms with Crippen LogP contribution in [0.5, 0.6) is 0 Å². The van der Waals surface area contributed by atoms with E-state index in [2.05, 4.69) is 0 Å². The van der Waals surface area contributed by atoms with Crippen molar-refractivity contribution < 1.29 is 19.1 Å². The van der Waals surface area contributed by atoms with E-state index in [1.807, 2.05) is 20.8 Å². The Morgan fingerprint density at radius 2 is 1.78 bits per heavy atom. The molecule has 27 heavy (non-hydrogen) atoms. The fourth-order valence-corrected chi connectivity index (χ4v) is 3.80. The van der Waals surface area contributed by atoms with Gasteiger partial charge < -0.3 is 14.2 Å². The second kappa shape index (κ2) is 8.28. The molecule has 150 valence electrons. The molecule has 6 heteroatoms. The lowest BCUT2D eigenvalue weighted by atomic mass is 9.83. The molecule has 1 aromatic heterocycles. The van der Waals surface area contributed by atoms with Crippen LogP contribution >= 0.6 is 0 Å². The number of rotatable bonds is 7. The molecule has 0 saturated heterocycles.